The van der Waals surface area contributed by atoms with Gasteiger partial charge in [0.25, 0.3) is 11.8 Å². The van der Waals surface area contributed by atoms with E-state index in [2.05, 4.69) is 10.2 Å². The summed E-state index contributed by atoms with van der Waals surface area (Å²) in [6.45, 7) is 3.57. The average molecular weight is 472 g/mol. The number of rotatable bonds is 5. The first-order valence-corrected chi connectivity index (χ1v) is 11.7. The SMILES string of the molecule is O=C(Nc1cc(C(=O)N2CCCN(Cc3ccc(F)cc3)CC2)ccc1Cl)c1cccs1. The van der Waals surface area contributed by atoms with Crippen LogP contribution in [0, 0.1) is 5.82 Å². The zero-order chi connectivity index (χ0) is 22.5. The Kier molecular flexibility index (Phi) is 7.19. The molecule has 3 aromatic rings. The molecule has 8 heteroatoms. The highest BCUT2D eigenvalue weighted by molar-refractivity contribution is 7.12. The molecule has 0 spiro atoms. The van der Waals surface area contributed by atoms with E-state index < -0.39 is 0 Å². The molecule has 0 aliphatic carbocycles. The summed E-state index contributed by atoms with van der Waals surface area (Å²) in [4.78, 5) is 30.2. The van der Waals surface area contributed by atoms with Crippen LogP contribution in [-0.4, -0.2) is 47.8 Å². The van der Waals surface area contributed by atoms with Crippen LogP contribution >= 0.6 is 22.9 Å². The zero-order valence-electron chi connectivity index (χ0n) is 17.4. The molecule has 2 amide bonds. The van der Waals surface area contributed by atoms with E-state index in [0.29, 0.717) is 34.2 Å². The summed E-state index contributed by atoms with van der Waals surface area (Å²) in [5, 5.41) is 5.01. The number of nitrogens with one attached hydrogen (secondary N) is 1. The third kappa shape index (κ3) is 5.54. The number of thiophene rings is 1. The second-order valence-electron chi connectivity index (χ2n) is 7.67. The minimum absolute atomic E-state index is 0.0862. The molecule has 1 aromatic heterocycles. The molecule has 5 nitrogen and oxygen atoms in total. The first kappa shape index (κ1) is 22.5. The number of amides is 2. The molecule has 0 radical (unpaired) electrons. The molecular formula is C24H23ClFN3O2S. The van der Waals surface area contributed by atoms with Crippen molar-refractivity contribution >= 4 is 40.4 Å². The van der Waals surface area contributed by atoms with Gasteiger partial charge >= 0.3 is 0 Å². The Labute approximate surface area is 195 Å². The lowest BCUT2D eigenvalue weighted by molar-refractivity contribution is 0.0761. The molecule has 1 aliphatic heterocycles. The topological polar surface area (TPSA) is 52.7 Å². The van der Waals surface area contributed by atoms with Crippen LogP contribution in [0.1, 0.15) is 32.0 Å². The first-order valence-electron chi connectivity index (χ1n) is 10.4. The van der Waals surface area contributed by atoms with E-state index >= 15 is 0 Å². The van der Waals surface area contributed by atoms with Gasteiger partial charge in [0, 0.05) is 38.3 Å². The molecule has 166 valence electrons. The second kappa shape index (κ2) is 10.3. The van der Waals surface area contributed by atoms with Gasteiger partial charge in [-0.1, -0.05) is 29.8 Å². The summed E-state index contributed by atoms with van der Waals surface area (Å²) < 4.78 is 13.1. The minimum Gasteiger partial charge on any atom is -0.337 e. The summed E-state index contributed by atoms with van der Waals surface area (Å²) >= 11 is 7.60. The molecule has 1 fully saturated rings. The quantitative estimate of drug-likeness (QED) is 0.560. The van der Waals surface area contributed by atoms with E-state index in [9.17, 15) is 14.0 Å². The van der Waals surface area contributed by atoms with Crippen molar-refractivity contribution in [2.45, 2.75) is 13.0 Å². The van der Waals surface area contributed by atoms with Crippen LogP contribution in [0.2, 0.25) is 5.02 Å². The normalized spacial score (nSPS) is 14.8. The fraction of sp³-hybridized carbons (Fsp3) is 0.250. The fourth-order valence-corrected chi connectivity index (χ4v) is 4.49. The van der Waals surface area contributed by atoms with Gasteiger partial charge in [0.05, 0.1) is 15.6 Å². The molecule has 0 unspecified atom stereocenters. The van der Waals surface area contributed by atoms with Crippen molar-refractivity contribution in [2.75, 3.05) is 31.5 Å². The van der Waals surface area contributed by atoms with E-state index in [4.69, 9.17) is 11.6 Å². The van der Waals surface area contributed by atoms with E-state index in [1.165, 1.54) is 23.5 Å². The second-order valence-corrected chi connectivity index (χ2v) is 9.03. The van der Waals surface area contributed by atoms with Crippen LogP contribution in [-0.2, 0) is 6.54 Å². The number of carbonyl (C=O) groups is 2. The van der Waals surface area contributed by atoms with Crippen LogP contribution in [0.4, 0.5) is 10.1 Å². The van der Waals surface area contributed by atoms with E-state index in [-0.39, 0.29) is 17.6 Å². The first-order chi connectivity index (χ1) is 15.5. The molecule has 0 bridgehead atoms. The maximum atomic E-state index is 13.1. The molecule has 1 N–H and O–H groups in total. The van der Waals surface area contributed by atoms with Crippen molar-refractivity contribution in [3.05, 3.63) is 86.8 Å². The van der Waals surface area contributed by atoms with Crippen LogP contribution in [0.15, 0.2) is 60.0 Å². The maximum absolute atomic E-state index is 13.1. The van der Waals surface area contributed by atoms with E-state index in [1.807, 2.05) is 10.3 Å². The van der Waals surface area contributed by atoms with Gasteiger partial charge < -0.3 is 10.2 Å². The van der Waals surface area contributed by atoms with Gasteiger partial charge in [-0.3, -0.25) is 14.5 Å². The van der Waals surface area contributed by atoms with E-state index in [0.717, 1.165) is 31.6 Å². The number of nitrogens with zero attached hydrogens (tertiary/aromatic N) is 2. The smallest absolute Gasteiger partial charge is 0.265 e. The molecular weight excluding hydrogens is 449 g/mol. The van der Waals surface area contributed by atoms with Gasteiger partial charge in [0.15, 0.2) is 0 Å². The highest BCUT2D eigenvalue weighted by Crippen LogP contribution is 2.25. The van der Waals surface area contributed by atoms with Crippen LogP contribution < -0.4 is 5.32 Å². The number of anilines is 1. The van der Waals surface area contributed by atoms with Crippen molar-refractivity contribution in [1.29, 1.82) is 0 Å². The van der Waals surface area contributed by atoms with Gasteiger partial charge in [-0.2, -0.15) is 0 Å². The Morgan fingerprint density at radius 1 is 1.03 bits per heavy atom. The minimum atomic E-state index is -0.252. The van der Waals surface area contributed by atoms with Gasteiger partial charge in [-0.05, 0) is 53.8 Å². The van der Waals surface area contributed by atoms with Crippen molar-refractivity contribution < 1.29 is 14.0 Å². The van der Waals surface area contributed by atoms with Gasteiger partial charge in [0.2, 0.25) is 0 Å². The Bertz CT molecular complexity index is 1090. The summed E-state index contributed by atoms with van der Waals surface area (Å²) in [5.41, 5.74) is 1.96. The molecule has 0 saturated carbocycles. The number of benzene rings is 2. The Hall–Kier alpha value is -2.74. The third-order valence-electron chi connectivity index (χ3n) is 5.40. The summed E-state index contributed by atoms with van der Waals surface area (Å²) in [7, 11) is 0. The predicted molar refractivity (Wildman–Crippen MR) is 126 cm³/mol. The molecule has 4 rings (SSSR count). The predicted octanol–water partition coefficient (Wildman–Crippen LogP) is 5.14. The number of hydrogen-bond acceptors (Lipinski definition) is 4. The lowest BCUT2D eigenvalue weighted by Gasteiger charge is -2.22. The largest absolute Gasteiger partial charge is 0.337 e. The highest BCUT2D eigenvalue weighted by Gasteiger charge is 2.21. The lowest BCUT2D eigenvalue weighted by Crippen LogP contribution is -2.35. The molecule has 2 heterocycles. The molecule has 1 saturated heterocycles. The van der Waals surface area contributed by atoms with Crippen molar-refractivity contribution in [3.63, 3.8) is 0 Å². The average Bonchev–Trinajstić information content (AvgIpc) is 3.24. The number of hydrogen-bond donors (Lipinski definition) is 1. The fourth-order valence-electron chi connectivity index (χ4n) is 3.71. The maximum Gasteiger partial charge on any atom is 0.265 e. The van der Waals surface area contributed by atoms with Crippen LogP contribution in [0.25, 0.3) is 0 Å². The van der Waals surface area contributed by atoms with Crippen LogP contribution in [0.3, 0.4) is 0 Å². The van der Waals surface area contributed by atoms with Crippen LogP contribution in [0.5, 0.6) is 0 Å². The summed E-state index contributed by atoms with van der Waals surface area (Å²) in [5.74, 6) is -0.579. The monoisotopic (exact) mass is 471 g/mol. The molecule has 2 aromatic carbocycles. The van der Waals surface area contributed by atoms with E-state index in [1.54, 1.807) is 42.5 Å². The Morgan fingerprint density at radius 3 is 2.59 bits per heavy atom. The van der Waals surface area contributed by atoms with Crippen molar-refractivity contribution in [3.8, 4) is 0 Å². The summed E-state index contributed by atoms with van der Waals surface area (Å²) in [6.07, 6.45) is 0.850. The van der Waals surface area contributed by atoms with Gasteiger partial charge in [0.1, 0.15) is 5.82 Å². The Morgan fingerprint density at radius 2 is 1.84 bits per heavy atom. The highest BCUT2D eigenvalue weighted by atomic mass is 35.5. The summed E-state index contributed by atoms with van der Waals surface area (Å²) in [6, 6.07) is 15.0. The number of carbonyl (C=O) groups excluding carboxylic acids is 2. The van der Waals surface area contributed by atoms with Gasteiger partial charge in [-0.25, -0.2) is 4.39 Å². The molecule has 0 atom stereocenters. The van der Waals surface area contributed by atoms with Crippen molar-refractivity contribution in [2.24, 2.45) is 0 Å². The Balaban J connectivity index is 1.40. The molecule has 32 heavy (non-hydrogen) atoms. The third-order valence-corrected chi connectivity index (χ3v) is 6.60. The standard InChI is InChI=1S/C24H23ClFN3O2S/c25-20-9-6-18(15-21(20)27-23(30)22-3-1-14-32-22)24(31)29-11-2-10-28(12-13-29)16-17-4-7-19(26)8-5-17/h1,3-9,14-15H,2,10-13,16H2,(H,27,30). The zero-order valence-corrected chi connectivity index (χ0v) is 19.0. The van der Waals surface area contributed by atoms with Gasteiger partial charge in [-0.15, -0.1) is 11.3 Å². The molecule has 1 aliphatic rings. The number of halogens is 2. The van der Waals surface area contributed by atoms with Crippen molar-refractivity contribution in [1.82, 2.24) is 9.80 Å². The lowest BCUT2D eigenvalue weighted by atomic mass is 10.1.